The molecule has 0 amide bonds. The van der Waals surface area contributed by atoms with E-state index in [9.17, 15) is 0 Å². The second-order valence-electron chi connectivity index (χ2n) is 6.12. The Hall–Kier alpha value is -0.680. The fourth-order valence-corrected chi connectivity index (χ4v) is 5.56. The molecular weight excluding hydrogens is 488 g/mol. The van der Waals surface area contributed by atoms with Crippen molar-refractivity contribution in [2.75, 3.05) is 0 Å². The molecule has 0 heterocycles. The van der Waals surface area contributed by atoms with Gasteiger partial charge < -0.3 is 0 Å². The topological polar surface area (TPSA) is 0 Å². The number of rotatable bonds is 7. The van der Waals surface area contributed by atoms with Gasteiger partial charge >= 0.3 is 0 Å². The molecule has 134 valence electrons. The third-order valence-corrected chi connectivity index (χ3v) is 8.00. The van der Waals surface area contributed by atoms with Gasteiger partial charge in [0.25, 0.3) is 0 Å². The van der Waals surface area contributed by atoms with Crippen LogP contribution in [0.2, 0.25) is 0 Å². The lowest BCUT2D eigenvalue weighted by Crippen LogP contribution is -1.93. The molecule has 0 bridgehead atoms. The SMILES string of the molecule is Cc1ccc(C(SCc2ccc(Br)cc2)SCc2ccc(Br)cc2)cc1. The highest BCUT2D eigenvalue weighted by atomic mass is 79.9. The number of hydrogen-bond acceptors (Lipinski definition) is 2. The second kappa shape index (κ2) is 10.0. The maximum atomic E-state index is 3.51. The predicted molar refractivity (Wildman–Crippen MR) is 125 cm³/mol. The minimum Gasteiger partial charge on any atom is -0.138 e. The molecule has 26 heavy (non-hydrogen) atoms. The van der Waals surface area contributed by atoms with Crippen LogP contribution in [0.3, 0.4) is 0 Å². The lowest BCUT2D eigenvalue weighted by Gasteiger charge is -2.17. The average molecular weight is 508 g/mol. The predicted octanol–water partition coefficient (Wildman–Crippen LogP) is 8.39. The monoisotopic (exact) mass is 506 g/mol. The summed E-state index contributed by atoms with van der Waals surface area (Å²) in [7, 11) is 0. The molecule has 3 aromatic carbocycles. The summed E-state index contributed by atoms with van der Waals surface area (Å²) >= 11 is 11.0. The van der Waals surface area contributed by atoms with Gasteiger partial charge in [0.15, 0.2) is 0 Å². The first kappa shape index (κ1) is 20.1. The number of thioether (sulfide) groups is 2. The molecule has 0 nitrogen and oxygen atoms in total. The minimum absolute atomic E-state index is 0.419. The first-order chi connectivity index (χ1) is 12.6. The smallest absolute Gasteiger partial charge is 0.0757 e. The van der Waals surface area contributed by atoms with Crippen LogP contribution >= 0.6 is 55.4 Å². The lowest BCUT2D eigenvalue weighted by molar-refractivity contribution is 1.30. The molecule has 3 rings (SSSR count). The van der Waals surface area contributed by atoms with Crippen LogP contribution in [-0.2, 0) is 11.5 Å². The summed E-state index contributed by atoms with van der Waals surface area (Å²) in [6.45, 7) is 2.14. The van der Waals surface area contributed by atoms with Gasteiger partial charge in [0, 0.05) is 20.5 Å². The van der Waals surface area contributed by atoms with Gasteiger partial charge in [-0.2, -0.15) is 0 Å². The molecule has 0 aliphatic heterocycles. The maximum absolute atomic E-state index is 3.51. The Morgan fingerprint density at radius 3 is 1.50 bits per heavy atom. The molecule has 0 radical (unpaired) electrons. The van der Waals surface area contributed by atoms with E-state index in [1.807, 2.05) is 23.5 Å². The largest absolute Gasteiger partial charge is 0.138 e. The van der Waals surface area contributed by atoms with Crippen molar-refractivity contribution in [1.29, 1.82) is 0 Å². The Morgan fingerprint density at radius 1 is 0.654 bits per heavy atom. The number of aryl methyl sites for hydroxylation is 1. The zero-order valence-corrected chi connectivity index (χ0v) is 19.3. The number of hydrogen-bond donors (Lipinski definition) is 0. The first-order valence-corrected chi connectivity index (χ1v) is 12.1. The van der Waals surface area contributed by atoms with Gasteiger partial charge in [-0.15, -0.1) is 23.5 Å². The van der Waals surface area contributed by atoms with Gasteiger partial charge in [-0.05, 0) is 47.9 Å². The lowest BCUT2D eigenvalue weighted by atomic mass is 10.2. The van der Waals surface area contributed by atoms with E-state index in [4.69, 9.17) is 0 Å². The molecule has 0 N–H and O–H groups in total. The highest BCUT2D eigenvalue weighted by Crippen LogP contribution is 2.42. The van der Waals surface area contributed by atoms with Crippen LogP contribution in [0.15, 0.2) is 81.7 Å². The van der Waals surface area contributed by atoms with Gasteiger partial charge in [0.05, 0.1) is 4.58 Å². The molecular formula is C22H20Br2S2. The van der Waals surface area contributed by atoms with E-state index in [2.05, 4.69) is 112 Å². The van der Waals surface area contributed by atoms with Crippen molar-refractivity contribution in [2.45, 2.75) is 23.0 Å². The molecule has 0 aliphatic rings. The fraction of sp³-hybridized carbons (Fsp3) is 0.182. The molecule has 0 spiro atoms. The molecule has 0 fully saturated rings. The summed E-state index contributed by atoms with van der Waals surface area (Å²) in [4.78, 5) is 0. The molecule has 0 unspecified atom stereocenters. The summed E-state index contributed by atoms with van der Waals surface area (Å²) in [6.07, 6.45) is 0. The zero-order chi connectivity index (χ0) is 18.4. The van der Waals surface area contributed by atoms with Gasteiger partial charge in [0.1, 0.15) is 0 Å². The van der Waals surface area contributed by atoms with Gasteiger partial charge in [-0.25, -0.2) is 0 Å². The van der Waals surface area contributed by atoms with Gasteiger partial charge in [-0.1, -0.05) is 86.0 Å². The fourth-order valence-electron chi connectivity index (χ4n) is 2.47. The van der Waals surface area contributed by atoms with E-state index >= 15 is 0 Å². The Labute approximate surface area is 181 Å². The van der Waals surface area contributed by atoms with Crippen LogP contribution < -0.4 is 0 Å². The van der Waals surface area contributed by atoms with E-state index in [1.165, 1.54) is 22.3 Å². The van der Waals surface area contributed by atoms with Crippen molar-refractivity contribution in [3.8, 4) is 0 Å². The summed E-state index contributed by atoms with van der Waals surface area (Å²) in [5, 5.41) is 0. The van der Waals surface area contributed by atoms with E-state index in [0.29, 0.717) is 4.58 Å². The Balaban J connectivity index is 1.69. The van der Waals surface area contributed by atoms with Crippen LogP contribution in [0.5, 0.6) is 0 Å². The molecule has 0 atom stereocenters. The Kier molecular flexibility index (Phi) is 7.74. The van der Waals surface area contributed by atoms with Crippen molar-refractivity contribution in [3.05, 3.63) is 104 Å². The molecule has 0 aliphatic carbocycles. The highest BCUT2D eigenvalue weighted by molar-refractivity contribution is 9.10. The normalized spacial score (nSPS) is 11.1. The van der Waals surface area contributed by atoms with Crippen LogP contribution in [0.25, 0.3) is 0 Å². The number of benzene rings is 3. The molecule has 4 heteroatoms. The van der Waals surface area contributed by atoms with Crippen molar-refractivity contribution in [3.63, 3.8) is 0 Å². The third-order valence-electron chi connectivity index (χ3n) is 3.98. The minimum atomic E-state index is 0.419. The van der Waals surface area contributed by atoms with E-state index < -0.39 is 0 Å². The molecule has 0 saturated heterocycles. The van der Waals surface area contributed by atoms with Crippen LogP contribution in [0, 0.1) is 6.92 Å². The zero-order valence-electron chi connectivity index (χ0n) is 14.5. The Bertz CT molecular complexity index is 763. The molecule has 0 saturated carbocycles. The third kappa shape index (κ3) is 6.19. The summed E-state index contributed by atoms with van der Waals surface area (Å²) in [5.41, 5.74) is 5.42. The van der Waals surface area contributed by atoms with Gasteiger partial charge in [0.2, 0.25) is 0 Å². The summed E-state index contributed by atoms with van der Waals surface area (Å²) < 4.78 is 2.68. The summed E-state index contributed by atoms with van der Waals surface area (Å²) in [5.74, 6) is 2.03. The van der Waals surface area contributed by atoms with Gasteiger partial charge in [-0.3, -0.25) is 0 Å². The van der Waals surface area contributed by atoms with Crippen molar-refractivity contribution < 1.29 is 0 Å². The highest BCUT2D eigenvalue weighted by Gasteiger charge is 2.13. The van der Waals surface area contributed by atoms with E-state index in [0.717, 1.165) is 20.5 Å². The average Bonchev–Trinajstić information content (AvgIpc) is 2.65. The quantitative estimate of drug-likeness (QED) is 0.294. The maximum Gasteiger partial charge on any atom is 0.0757 e. The Morgan fingerprint density at radius 2 is 1.08 bits per heavy atom. The van der Waals surface area contributed by atoms with Crippen molar-refractivity contribution in [2.24, 2.45) is 0 Å². The van der Waals surface area contributed by atoms with Crippen LogP contribution in [0.4, 0.5) is 0 Å². The summed E-state index contributed by atoms with van der Waals surface area (Å²) in [6, 6.07) is 26.2. The van der Waals surface area contributed by atoms with E-state index in [-0.39, 0.29) is 0 Å². The van der Waals surface area contributed by atoms with Crippen molar-refractivity contribution in [1.82, 2.24) is 0 Å². The van der Waals surface area contributed by atoms with Crippen LogP contribution in [0.1, 0.15) is 26.8 Å². The van der Waals surface area contributed by atoms with Crippen LogP contribution in [-0.4, -0.2) is 0 Å². The number of halogens is 2. The van der Waals surface area contributed by atoms with E-state index in [1.54, 1.807) is 0 Å². The van der Waals surface area contributed by atoms with Crippen molar-refractivity contribution >= 4 is 55.4 Å². The second-order valence-corrected chi connectivity index (χ2v) is 10.4. The molecule has 3 aromatic rings. The molecule has 0 aromatic heterocycles. The standard InChI is InChI=1S/C22H20Br2S2/c1-16-2-8-19(9-3-16)22(25-14-17-4-10-20(23)11-5-17)26-15-18-6-12-21(24)13-7-18/h2-13,22H,14-15H2,1H3. The first-order valence-electron chi connectivity index (χ1n) is 8.39.